The number of carbonyl (C=O) groups is 3. The maximum absolute atomic E-state index is 13.1. The van der Waals surface area contributed by atoms with Gasteiger partial charge in [-0.25, -0.2) is 4.39 Å². The Hall–Kier alpha value is -3.63. The van der Waals surface area contributed by atoms with E-state index >= 15 is 0 Å². The van der Waals surface area contributed by atoms with Crippen LogP contribution in [0.3, 0.4) is 0 Å². The van der Waals surface area contributed by atoms with Crippen molar-refractivity contribution in [1.82, 2.24) is 4.90 Å². The predicted molar refractivity (Wildman–Crippen MR) is 144 cm³/mol. The highest BCUT2D eigenvalue weighted by molar-refractivity contribution is 9.10. The lowest BCUT2D eigenvalue weighted by molar-refractivity contribution is -0.127. The Balaban J connectivity index is 1.47. The summed E-state index contributed by atoms with van der Waals surface area (Å²) in [6, 6.07) is 16.6. The number of hydrogen-bond acceptors (Lipinski definition) is 6. The van der Waals surface area contributed by atoms with E-state index in [9.17, 15) is 18.8 Å². The zero-order valence-electron chi connectivity index (χ0n) is 19.9. The maximum Gasteiger partial charge on any atom is 0.294 e. The van der Waals surface area contributed by atoms with Crippen molar-refractivity contribution in [3.05, 3.63) is 92.5 Å². The molecule has 1 saturated heterocycles. The Bertz CT molecular complexity index is 1390. The van der Waals surface area contributed by atoms with Gasteiger partial charge in [0.25, 0.3) is 11.1 Å². The lowest BCUT2D eigenvalue weighted by Crippen LogP contribution is -2.36. The summed E-state index contributed by atoms with van der Waals surface area (Å²) in [5.41, 5.74) is 2.86. The molecule has 0 unspecified atom stereocenters. The lowest BCUT2D eigenvalue weighted by Gasteiger charge is -2.14. The standard InChI is InChI=1S/C27H22BrFN2O5S/c1-16-5-3-4-6-21(16)30-24(32)14-31-26(33)23(37-27(31)34)13-18-11-20(28)25(22(12-18)35-2)36-15-17-7-9-19(29)10-8-17/h3-13H,14-15H2,1-2H3,(H,30,32)/b23-13+. The van der Waals surface area contributed by atoms with Crippen LogP contribution < -0.4 is 14.8 Å². The molecule has 1 N–H and O–H groups in total. The molecule has 7 nitrogen and oxygen atoms in total. The Labute approximate surface area is 225 Å². The zero-order chi connectivity index (χ0) is 26.5. The van der Waals surface area contributed by atoms with E-state index in [1.54, 1.807) is 42.5 Å². The second kappa shape index (κ2) is 11.6. The second-order valence-corrected chi connectivity index (χ2v) is 9.93. The number of benzene rings is 3. The van der Waals surface area contributed by atoms with Crippen LogP contribution in [0.5, 0.6) is 11.5 Å². The van der Waals surface area contributed by atoms with Crippen LogP contribution in [0.2, 0.25) is 0 Å². The van der Waals surface area contributed by atoms with Crippen LogP contribution in [-0.4, -0.2) is 35.6 Å². The molecular weight excluding hydrogens is 563 g/mol. The monoisotopic (exact) mass is 584 g/mol. The molecule has 190 valence electrons. The molecule has 3 aromatic carbocycles. The van der Waals surface area contributed by atoms with Crippen LogP contribution in [0.15, 0.2) is 70.0 Å². The van der Waals surface area contributed by atoms with Gasteiger partial charge in [-0.05, 0) is 87.7 Å². The third-order valence-electron chi connectivity index (χ3n) is 5.44. The molecule has 0 aliphatic carbocycles. The first kappa shape index (κ1) is 26.4. The maximum atomic E-state index is 13.1. The number of halogens is 2. The van der Waals surface area contributed by atoms with Crippen LogP contribution in [-0.2, 0) is 16.2 Å². The summed E-state index contributed by atoms with van der Waals surface area (Å²) >= 11 is 4.23. The fourth-order valence-electron chi connectivity index (χ4n) is 3.53. The quantitative estimate of drug-likeness (QED) is 0.319. The summed E-state index contributed by atoms with van der Waals surface area (Å²) in [6.07, 6.45) is 1.56. The van der Waals surface area contributed by atoms with Crippen LogP contribution in [0, 0.1) is 12.7 Å². The van der Waals surface area contributed by atoms with Crippen molar-refractivity contribution in [2.75, 3.05) is 19.0 Å². The smallest absolute Gasteiger partial charge is 0.294 e. The molecule has 3 aromatic rings. The molecule has 37 heavy (non-hydrogen) atoms. The van der Waals surface area contributed by atoms with Gasteiger partial charge in [0, 0.05) is 5.69 Å². The molecule has 1 heterocycles. The van der Waals surface area contributed by atoms with Crippen LogP contribution in [0.1, 0.15) is 16.7 Å². The highest BCUT2D eigenvalue weighted by Crippen LogP contribution is 2.39. The highest BCUT2D eigenvalue weighted by Gasteiger charge is 2.36. The van der Waals surface area contributed by atoms with Crippen LogP contribution >= 0.6 is 27.7 Å². The number of amides is 3. The Morgan fingerprint density at radius 1 is 1.14 bits per heavy atom. The number of hydrogen-bond donors (Lipinski definition) is 1. The van der Waals surface area contributed by atoms with E-state index in [1.165, 1.54) is 19.2 Å². The van der Waals surface area contributed by atoms with E-state index in [1.807, 2.05) is 19.1 Å². The number of aryl methyl sites for hydroxylation is 1. The number of nitrogens with zero attached hydrogens (tertiary/aromatic N) is 1. The third-order valence-corrected chi connectivity index (χ3v) is 6.94. The van der Waals surface area contributed by atoms with E-state index in [0.717, 1.165) is 27.8 Å². The number of imide groups is 1. The summed E-state index contributed by atoms with van der Waals surface area (Å²) in [7, 11) is 1.48. The Morgan fingerprint density at radius 2 is 1.86 bits per heavy atom. The number of methoxy groups -OCH3 is 1. The number of ether oxygens (including phenoxy) is 2. The summed E-state index contributed by atoms with van der Waals surface area (Å²) in [5.74, 6) is -0.515. The van der Waals surface area contributed by atoms with Crippen molar-refractivity contribution in [2.24, 2.45) is 0 Å². The van der Waals surface area contributed by atoms with Gasteiger partial charge in [0.1, 0.15) is 19.0 Å². The number of para-hydroxylation sites is 1. The van der Waals surface area contributed by atoms with Gasteiger partial charge in [0.05, 0.1) is 16.5 Å². The summed E-state index contributed by atoms with van der Waals surface area (Å²) < 4.78 is 25.0. The first-order valence-electron chi connectivity index (χ1n) is 11.1. The van der Waals surface area contributed by atoms with Crippen LogP contribution in [0.25, 0.3) is 6.08 Å². The van der Waals surface area contributed by atoms with Gasteiger partial charge in [0.15, 0.2) is 11.5 Å². The van der Waals surface area contributed by atoms with Gasteiger partial charge < -0.3 is 14.8 Å². The van der Waals surface area contributed by atoms with Gasteiger partial charge >= 0.3 is 0 Å². The first-order valence-corrected chi connectivity index (χ1v) is 12.7. The minimum absolute atomic E-state index is 0.183. The molecule has 1 fully saturated rings. The first-order chi connectivity index (χ1) is 17.7. The van der Waals surface area contributed by atoms with Crippen LogP contribution in [0.4, 0.5) is 14.9 Å². The van der Waals surface area contributed by atoms with Gasteiger partial charge in [-0.15, -0.1) is 0 Å². The Kier molecular flexibility index (Phi) is 8.30. The lowest BCUT2D eigenvalue weighted by atomic mass is 10.1. The largest absolute Gasteiger partial charge is 0.493 e. The second-order valence-electron chi connectivity index (χ2n) is 8.08. The SMILES string of the molecule is COc1cc(/C=C2/SC(=O)N(CC(=O)Nc3ccccc3C)C2=O)cc(Br)c1OCc1ccc(F)cc1. The molecule has 10 heteroatoms. The molecule has 4 rings (SSSR count). The molecule has 0 radical (unpaired) electrons. The fourth-order valence-corrected chi connectivity index (χ4v) is 4.95. The highest BCUT2D eigenvalue weighted by atomic mass is 79.9. The van der Waals surface area contributed by atoms with Gasteiger partial charge in [-0.2, -0.15) is 0 Å². The van der Waals surface area contributed by atoms with E-state index < -0.39 is 17.1 Å². The van der Waals surface area contributed by atoms with Gasteiger partial charge in [0.2, 0.25) is 5.91 Å². The summed E-state index contributed by atoms with van der Waals surface area (Å²) in [4.78, 5) is 39.0. The summed E-state index contributed by atoms with van der Waals surface area (Å²) in [6.45, 7) is 1.65. The number of rotatable bonds is 8. The molecule has 1 aliphatic heterocycles. The molecule has 3 amide bonds. The molecule has 0 aromatic heterocycles. The van der Waals surface area contributed by atoms with E-state index in [2.05, 4.69) is 21.2 Å². The number of anilines is 1. The fraction of sp³-hybridized carbons (Fsp3) is 0.148. The van der Waals surface area contributed by atoms with Gasteiger partial charge in [-0.3, -0.25) is 19.3 Å². The molecular formula is C27H22BrFN2O5S. The molecule has 0 spiro atoms. The zero-order valence-corrected chi connectivity index (χ0v) is 22.3. The third kappa shape index (κ3) is 6.39. The van der Waals surface area contributed by atoms with Crippen molar-refractivity contribution in [1.29, 1.82) is 0 Å². The normalized spacial score (nSPS) is 14.3. The van der Waals surface area contributed by atoms with E-state index in [4.69, 9.17) is 9.47 Å². The number of thioether (sulfide) groups is 1. The minimum Gasteiger partial charge on any atom is -0.493 e. The van der Waals surface area contributed by atoms with Crippen molar-refractivity contribution < 1.29 is 28.2 Å². The summed E-state index contributed by atoms with van der Waals surface area (Å²) in [5, 5.41) is 2.20. The molecule has 1 aliphatic rings. The van der Waals surface area contributed by atoms with Crippen molar-refractivity contribution in [3.8, 4) is 11.5 Å². The predicted octanol–water partition coefficient (Wildman–Crippen LogP) is 6.16. The molecule has 0 saturated carbocycles. The minimum atomic E-state index is -0.554. The van der Waals surface area contributed by atoms with Gasteiger partial charge in [-0.1, -0.05) is 30.3 Å². The van der Waals surface area contributed by atoms with E-state index in [-0.39, 0.29) is 23.9 Å². The molecule has 0 atom stereocenters. The molecule has 0 bridgehead atoms. The van der Waals surface area contributed by atoms with Crippen molar-refractivity contribution in [2.45, 2.75) is 13.5 Å². The topological polar surface area (TPSA) is 84.9 Å². The Morgan fingerprint density at radius 3 is 2.57 bits per heavy atom. The number of carbonyl (C=O) groups excluding carboxylic acids is 3. The van der Waals surface area contributed by atoms with Crippen molar-refractivity contribution >= 4 is 56.5 Å². The average molecular weight is 585 g/mol. The average Bonchev–Trinajstić information content (AvgIpc) is 3.12. The van der Waals surface area contributed by atoms with Crippen molar-refractivity contribution in [3.63, 3.8) is 0 Å². The number of nitrogens with one attached hydrogen (secondary N) is 1. The van der Waals surface area contributed by atoms with E-state index in [0.29, 0.717) is 27.2 Å².